The van der Waals surface area contributed by atoms with Crippen LogP contribution in [-0.4, -0.2) is 33.6 Å². The molecule has 4 aromatic heterocycles. The molecule has 0 saturated heterocycles. The maximum Gasteiger partial charge on any atom is 0.260 e. The summed E-state index contributed by atoms with van der Waals surface area (Å²) in [7, 11) is 1.81. The first-order valence-corrected chi connectivity index (χ1v) is 11.8. The Morgan fingerprint density at radius 3 is 2.93 bits per heavy atom. The van der Waals surface area contributed by atoms with Crippen molar-refractivity contribution in [2.24, 2.45) is 0 Å². The quantitative estimate of drug-likeness (QED) is 0.444. The van der Waals surface area contributed by atoms with Crippen LogP contribution in [0.3, 0.4) is 0 Å². The summed E-state index contributed by atoms with van der Waals surface area (Å²) < 4.78 is 5.42. The third-order valence-corrected chi connectivity index (χ3v) is 7.36. The normalized spacial score (nSPS) is 12.3. The monoisotopic (exact) mass is 445 g/mol. The van der Waals surface area contributed by atoms with Crippen molar-refractivity contribution in [2.75, 3.05) is 12.8 Å². The van der Waals surface area contributed by atoms with Crippen molar-refractivity contribution >= 4 is 50.6 Å². The molecular weight excluding hydrogens is 426 g/mol. The number of thioether (sulfide) groups is 1. The van der Waals surface area contributed by atoms with Gasteiger partial charge >= 0.3 is 0 Å². The molecule has 0 aliphatic carbocycles. The van der Waals surface area contributed by atoms with Crippen LogP contribution in [0, 0.1) is 0 Å². The second-order valence-corrected chi connectivity index (χ2v) is 9.76. The third kappa shape index (κ3) is 4.31. The number of carbonyl (C=O) groups excluding carboxylic acids is 1. The zero-order chi connectivity index (χ0) is 20.4. The lowest BCUT2D eigenvalue weighted by Gasteiger charge is -2.17. The number of aromatic amines is 1. The molecule has 4 aromatic rings. The van der Waals surface area contributed by atoms with E-state index in [1.165, 1.54) is 23.1 Å². The Bertz CT molecular complexity index is 1160. The highest BCUT2D eigenvalue weighted by atomic mass is 32.2. The Hall–Kier alpha value is -2.36. The lowest BCUT2D eigenvalue weighted by Crippen LogP contribution is -2.27. The number of rotatable bonds is 7. The van der Waals surface area contributed by atoms with E-state index >= 15 is 0 Å². The van der Waals surface area contributed by atoms with Gasteiger partial charge in [0, 0.05) is 22.9 Å². The highest BCUT2D eigenvalue weighted by Gasteiger charge is 2.19. The summed E-state index contributed by atoms with van der Waals surface area (Å²) in [5, 5.41) is 4.32. The summed E-state index contributed by atoms with van der Waals surface area (Å²) in [6.07, 6.45) is 1.58. The minimum atomic E-state index is -0.189. The van der Waals surface area contributed by atoms with Crippen LogP contribution in [0.15, 0.2) is 50.5 Å². The predicted molar refractivity (Wildman–Crippen MR) is 120 cm³/mol. The summed E-state index contributed by atoms with van der Waals surface area (Å²) in [6, 6.07) is 7.62. The maximum atomic E-state index is 12.7. The van der Waals surface area contributed by atoms with E-state index in [4.69, 9.17) is 4.42 Å². The summed E-state index contributed by atoms with van der Waals surface area (Å²) in [5.74, 6) is 1.61. The molecule has 150 valence electrons. The molecule has 0 spiro atoms. The summed E-state index contributed by atoms with van der Waals surface area (Å²) in [4.78, 5) is 36.2. The van der Waals surface area contributed by atoms with Crippen molar-refractivity contribution in [3.63, 3.8) is 0 Å². The van der Waals surface area contributed by atoms with Crippen molar-refractivity contribution in [3.05, 3.63) is 62.3 Å². The number of hydrogen-bond donors (Lipinski definition) is 1. The molecule has 6 nitrogen and oxygen atoms in total. The Morgan fingerprint density at radius 2 is 2.21 bits per heavy atom. The molecule has 0 aromatic carbocycles. The van der Waals surface area contributed by atoms with E-state index in [-0.39, 0.29) is 16.7 Å². The highest BCUT2D eigenvalue weighted by molar-refractivity contribution is 8.00. The topological polar surface area (TPSA) is 79.2 Å². The zero-order valence-corrected chi connectivity index (χ0v) is 18.3. The molecule has 0 aliphatic heterocycles. The SMILES string of the molecule is CC(SCC(=O)N(C)Cc1cccs1)c1nc2scc(-c3ccco3)c2c(=O)[nH]1. The molecule has 1 amide bonds. The molecular formula is C20H19N3O3S3. The van der Waals surface area contributed by atoms with Gasteiger partial charge in [-0.3, -0.25) is 9.59 Å². The van der Waals surface area contributed by atoms with Gasteiger partial charge in [0.1, 0.15) is 16.4 Å². The van der Waals surface area contributed by atoms with Crippen molar-refractivity contribution < 1.29 is 9.21 Å². The molecule has 0 bridgehead atoms. The largest absolute Gasteiger partial charge is 0.464 e. The van der Waals surface area contributed by atoms with E-state index in [1.807, 2.05) is 35.9 Å². The average Bonchev–Trinajstić information content (AvgIpc) is 3.46. The number of furan rings is 1. The van der Waals surface area contributed by atoms with Crippen molar-refractivity contribution in [1.82, 2.24) is 14.9 Å². The van der Waals surface area contributed by atoms with Gasteiger partial charge in [0.25, 0.3) is 5.56 Å². The van der Waals surface area contributed by atoms with Crippen molar-refractivity contribution in [1.29, 1.82) is 0 Å². The van der Waals surface area contributed by atoms with Crippen LogP contribution in [-0.2, 0) is 11.3 Å². The van der Waals surface area contributed by atoms with Crippen LogP contribution in [0.25, 0.3) is 21.5 Å². The van der Waals surface area contributed by atoms with Gasteiger partial charge in [-0.25, -0.2) is 4.98 Å². The van der Waals surface area contributed by atoms with Crippen LogP contribution >= 0.6 is 34.4 Å². The lowest BCUT2D eigenvalue weighted by atomic mass is 10.2. The fourth-order valence-corrected chi connectivity index (χ4v) is 5.46. The highest BCUT2D eigenvalue weighted by Crippen LogP contribution is 2.33. The Labute approximate surface area is 179 Å². The number of fused-ring (bicyclic) bond motifs is 1. The van der Waals surface area contributed by atoms with E-state index in [9.17, 15) is 9.59 Å². The molecule has 4 rings (SSSR count). The molecule has 1 unspecified atom stereocenters. The van der Waals surface area contributed by atoms with Crippen molar-refractivity contribution in [2.45, 2.75) is 18.7 Å². The second-order valence-electron chi connectivity index (χ2n) is 6.54. The fourth-order valence-electron chi connectivity index (χ4n) is 2.88. The number of carbonyl (C=O) groups is 1. The Morgan fingerprint density at radius 1 is 1.34 bits per heavy atom. The second kappa shape index (κ2) is 8.56. The number of nitrogens with one attached hydrogen (secondary N) is 1. The molecule has 1 atom stereocenters. The van der Waals surface area contributed by atoms with Crippen LogP contribution < -0.4 is 5.56 Å². The van der Waals surface area contributed by atoms with Gasteiger partial charge in [0.15, 0.2) is 0 Å². The first-order valence-electron chi connectivity index (χ1n) is 8.96. The summed E-state index contributed by atoms with van der Waals surface area (Å²) in [6.45, 7) is 2.56. The molecule has 4 heterocycles. The number of aromatic nitrogens is 2. The molecule has 29 heavy (non-hydrogen) atoms. The number of hydrogen-bond acceptors (Lipinski definition) is 7. The van der Waals surface area contributed by atoms with E-state index in [2.05, 4.69) is 9.97 Å². The Balaban J connectivity index is 1.45. The van der Waals surface area contributed by atoms with Gasteiger partial charge in [-0.2, -0.15) is 0 Å². The standard InChI is InChI=1S/C20H19N3O3S3/c1-12(28-11-16(24)23(2)9-13-5-4-8-27-13)18-21-19(25)17-14(10-29-20(17)22-18)15-6-3-7-26-15/h3-8,10,12H,9,11H2,1-2H3,(H,21,22,25). The molecule has 0 aliphatic rings. The predicted octanol–water partition coefficient (Wildman–Crippen LogP) is 4.76. The van der Waals surface area contributed by atoms with Gasteiger partial charge in [0.2, 0.25) is 5.91 Å². The molecule has 0 saturated carbocycles. The summed E-state index contributed by atoms with van der Waals surface area (Å²) >= 11 is 4.52. The van der Waals surface area contributed by atoms with Crippen LogP contribution in [0.4, 0.5) is 0 Å². The number of nitrogens with zero attached hydrogens (tertiary/aromatic N) is 2. The first kappa shape index (κ1) is 19.9. The van der Waals surface area contributed by atoms with Crippen LogP contribution in [0.1, 0.15) is 22.9 Å². The van der Waals surface area contributed by atoms with Gasteiger partial charge in [-0.15, -0.1) is 34.4 Å². The van der Waals surface area contributed by atoms with Crippen molar-refractivity contribution in [3.8, 4) is 11.3 Å². The first-order chi connectivity index (χ1) is 14.0. The summed E-state index contributed by atoms with van der Waals surface area (Å²) in [5.41, 5.74) is 0.562. The molecule has 0 fully saturated rings. The lowest BCUT2D eigenvalue weighted by molar-refractivity contribution is -0.127. The minimum Gasteiger partial charge on any atom is -0.464 e. The van der Waals surface area contributed by atoms with Gasteiger partial charge in [-0.05, 0) is 30.5 Å². The average molecular weight is 446 g/mol. The van der Waals surface area contributed by atoms with E-state index in [0.29, 0.717) is 34.1 Å². The van der Waals surface area contributed by atoms with E-state index < -0.39 is 0 Å². The van der Waals surface area contributed by atoms with E-state index in [0.717, 1.165) is 10.4 Å². The zero-order valence-electron chi connectivity index (χ0n) is 15.9. The minimum absolute atomic E-state index is 0.0508. The van der Waals surface area contributed by atoms with Gasteiger partial charge < -0.3 is 14.3 Å². The van der Waals surface area contributed by atoms with Crippen LogP contribution in [0.5, 0.6) is 0 Å². The van der Waals surface area contributed by atoms with E-state index in [1.54, 1.807) is 35.6 Å². The number of H-pyrrole nitrogens is 1. The number of amides is 1. The molecule has 9 heteroatoms. The number of thiophene rings is 2. The molecule has 1 N–H and O–H groups in total. The fraction of sp³-hybridized carbons (Fsp3) is 0.250. The third-order valence-electron chi connectivity index (χ3n) is 4.49. The maximum absolute atomic E-state index is 12.7. The Kier molecular flexibility index (Phi) is 5.89. The van der Waals surface area contributed by atoms with Gasteiger partial charge in [0.05, 0.1) is 29.2 Å². The van der Waals surface area contributed by atoms with Gasteiger partial charge in [-0.1, -0.05) is 6.07 Å². The van der Waals surface area contributed by atoms with Crippen LogP contribution in [0.2, 0.25) is 0 Å². The smallest absolute Gasteiger partial charge is 0.260 e. The molecule has 0 radical (unpaired) electrons.